The van der Waals surface area contributed by atoms with Crippen molar-refractivity contribution in [1.29, 1.82) is 0 Å². The van der Waals surface area contributed by atoms with Crippen LogP contribution in [0, 0.1) is 11.7 Å². The van der Waals surface area contributed by atoms with E-state index in [0.717, 1.165) is 5.56 Å². The van der Waals surface area contributed by atoms with Gasteiger partial charge in [-0.2, -0.15) is 12.6 Å². The maximum absolute atomic E-state index is 13.6. The SMILES string of the molecule is CCOC(=O)C[C@H](S)[C@H](C[C@@H]1CCNC1=O)NC(=O)[C@H](Cc1ccc(F)cc1)NC(=O)[C@H](N)Cc1ccccc1. The highest BCUT2D eigenvalue weighted by molar-refractivity contribution is 7.81. The first-order valence-electron chi connectivity index (χ1n) is 13.4. The van der Waals surface area contributed by atoms with E-state index < -0.39 is 47.0 Å². The van der Waals surface area contributed by atoms with Gasteiger partial charge in [0.15, 0.2) is 0 Å². The minimum Gasteiger partial charge on any atom is -0.466 e. The molecule has 5 atom stereocenters. The van der Waals surface area contributed by atoms with Gasteiger partial charge in [0.2, 0.25) is 17.7 Å². The van der Waals surface area contributed by atoms with E-state index in [1.54, 1.807) is 6.92 Å². The molecule has 3 rings (SSSR count). The van der Waals surface area contributed by atoms with E-state index in [1.165, 1.54) is 24.3 Å². The Balaban J connectivity index is 1.77. The van der Waals surface area contributed by atoms with E-state index in [4.69, 9.17) is 10.5 Å². The Morgan fingerprint density at radius 1 is 1.05 bits per heavy atom. The molecule has 40 heavy (non-hydrogen) atoms. The van der Waals surface area contributed by atoms with Crippen LogP contribution < -0.4 is 21.7 Å². The quantitative estimate of drug-likeness (QED) is 0.172. The largest absolute Gasteiger partial charge is 0.466 e. The number of amides is 3. The summed E-state index contributed by atoms with van der Waals surface area (Å²) in [7, 11) is 0. The average Bonchev–Trinajstić information content (AvgIpc) is 3.33. The lowest BCUT2D eigenvalue weighted by atomic mass is 9.94. The minimum absolute atomic E-state index is 0.0711. The van der Waals surface area contributed by atoms with Crippen molar-refractivity contribution in [2.24, 2.45) is 11.7 Å². The molecule has 2 aromatic carbocycles. The molecule has 11 heteroatoms. The zero-order valence-corrected chi connectivity index (χ0v) is 23.4. The van der Waals surface area contributed by atoms with Crippen LogP contribution in [0.1, 0.15) is 37.3 Å². The molecule has 1 heterocycles. The highest BCUT2D eigenvalue weighted by atomic mass is 32.1. The number of rotatable bonds is 14. The first kappa shape index (κ1) is 31.1. The van der Waals surface area contributed by atoms with Crippen LogP contribution in [0.2, 0.25) is 0 Å². The summed E-state index contributed by atoms with van der Waals surface area (Å²) in [4.78, 5) is 51.1. The number of esters is 1. The standard InChI is InChI=1S/C29H37FN4O5S/c1-2-39-26(35)17-25(40)23(16-20-12-13-32-27(20)36)33-29(38)24(15-19-8-10-21(30)11-9-19)34-28(37)22(31)14-18-6-4-3-5-7-18/h3-11,20,22-25,40H,2,12-17,31H2,1H3,(H,32,36)(H,33,38)(H,34,37)/t20-,22+,23-,24-,25-/m0/s1. The summed E-state index contributed by atoms with van der Waals surface area (Å²) >= 11 is 4.57. The van der Waals surface area contributed by atoms with Crippen molar-refractivity contribution in [2.75, 3.05) is 13.2 Å². The van der Waals surface area contributed by atoms with Crippen molar-refractivity contribution in [1.82, 2.24) is 16.0 Å². The predicted octanol–water partition coefficient (Wildman–Crippen LogP) is 1.69. The van der Waals surface area contributed by atoms with E-state index in [9.17, 15) is 23.6 Å². The predicted molar refractivity (Wildman–Crippen MR) is 152 cm³/mol. The third-order valence-electron chi connectivity index (χ3n) is 6.80. The van der Waals surface area contributed by atoms with Gasteiger partial charge in [-0.05, 0) is 49.4 Å². The van der Waals surface area contributed by atoms with Crippen LogP contribution in [0.5, 0.6) is 0 Å². The van der Waals surface area contributed by atoms with Crippen molar-refractivity contribution in [3.63, 3.8) is 0 Å². The number of hydrogen-bond donors (Lipinski definition) is 5. The van der Waals surface area contributed by atoms with Gasteiger partial charge < -0.3 is 26.4 Å². The maximum Gasteiger partial charge on any atom is 0.306 e. The van der Waals surface area contributed by atoms with Crippen molar-refractivity contribution in [2.45, 2.75) is 62.4 Å². The number of hydrogen-bond acceptors (Lipinski definition) is 7. The Hall–Kier alpha value is -3.44. The van der Waals surface area contributed by atoms with Gasteiger partial charge >= 0.3 is 5.97 Å². The van der Waals surface area contributed by atoms with Crippen LogP contribution in [0.4, 0.5) is 4.39 Å². The fourth-order valence-corrected chi connectivity index (χ4v) is 4.96. The monoisotopic (exact) mass is 572 g/mol. The van der Waals surface area contributed by atoms with Crippen LogP contribution in [0.25, 0.3) is 0 Å². The molecular formula is C29H37FN4O5S. The number of carbonyl (C=O) groups excluding carboxylic acids is 4. The van der Waals surface area contributed by atoms with Gasteiger partial charge in [-0.1, -0.05) is 42.5 Å². The lowest BCUT2D eigenvalue weighted by molar-refractivity contribution is -0.143. The van der Waals surface area contributed by atoms with Gasteiger partial charge in [-0.15, -0.1) is 0 Å². The molecule has 2 aromatic rings. The molecule has 9 nitrogen and oxygen atoms in total. The zero-order chi connectivity index (χ0) is 29.1. The van der Waals surface area contributed by atoms with Crippen LogP contribution in [0.15, 0.2) is 54.6 Å². The van der Waals surface area contributed by atoms with Gasteiger partial charge in [0.25, 0.3) is 0 Å². The van der Waals surface area contributed by atoms with Crippen molar-refractivity contribution in [3.05, 3.63) is 71.5 Å². The second-order valence-corrected chi connectivity index (χ2v) is 10.6. The van der Waals surface area contributed by atoms with Gasteiger partial charge in [-0.3, -0.25) is 19.2 Å². The minimum atomic E-state index is -1.05. The summed E-state index contributed by atoms with van der Waals surface area (Å²) in [5, 5.41) is 7.78. The van der Waals surface area contributed by atoms with Crippen LogP contribution in [-0.2, 0) is 36.8 Å². The molecule has 1 saturated heterocycles. The maximum atomic E-state index is 13.6. The summed E-state index contributed by atoms with van der Waals surface area (Å²) in [6.07, 6.45) is 1.12. The van der Waals surface area contributed by atoms with Gasteiger partial charge in [0.05, 0.1) is 19.1 Å². The Morgan fingerprint density at radius 3 is 2.35 bits per heavy atom. The molecule has 0 radical (unpaired) electrons. The van der Waals surface area contributed by atoms with E-state index in [-0.39, 0.29) is 44.1 Å². The first-order valence-corrected chi connectivity index (χ1v) is 13.9. The van der Waals surface area contributed by atoms with Crippen LogP contribution in [-0.4, -0.2) is 60.2 Å². The molecule has 5 N–H and O–H groups in total. The molecule has 0 aliphatic carbocycles. The molecule has 1 aliphatic rings. The average molecular weight is 573 g/mol. The highest BCUT2D eigenvalue weighted by Crippen LogP contribution is 2.22. The smallest absolute Gasteiger partial charge is 0.306 e. The summed E-state index contributed by atoms with van der Waals surface area (Å²) in [5.41, 5.74) is 7.66. The first-order chi connectivity index (χ1) is 19.2. The molecule has 1 aliphatic heterocycles. The van der Waals surface area contributed by atoms with Crippen molar-refractivity contribution >= 4 is 36.3 Å². The number of carbonyl (C=O) groups is 4. The van der Waals surface area contributed by atoms with Gasteiger partial charge in [0, 0.05) is 30.2 Å². The second-order valence-electron chi connectivity index (χ2n) is 9.89. The number of ether oxygens (including phenoxy) is 1. The fourth-order valence-electron chi connectivity index (χ4n) is 4.61. The zero-order valence-electron chi connectivity index (χ0n) is 22.5. The van der Waals surface area contributed by atoms with E-state index >= 15 is 0 Å². The van der Waals surface area contributed by atoms with Crippen molar-refractivity contribution in [3.8, 4) is 0 Å². The topological polar surface area (TPSA) is 140 Å². The summed E-state index contributed by atoms with van der Waals surface area (Å²) in [6, 6.07) is 12.3. The highest BCUT2D eigenvalue weighted by Gasteiger charge is 2.34. The van der Waals surface area contributed by atoms with E-state index in [0.29, 0.717) is 18.5 Å². The normalized spacial score (nSPS) is 17.7. The molecule has 0 saturated carbocycles. The third kappa shape index (κ3) is 9.63. The summed E-state index contributed by atoms with van der Waals surface area (Å²) < 4.78 is 18.5. The molecule has 216 valence electrons. The molecule has 0 aromatic heterocycles. The Kier molecular flexibility index (Phi) is 12.0. The lowest BCUT2D eigenvalue weighted by Gasteiger charge is -2.29. The number of nitrogens with two attached hydrogens (primary N) is 1. The molecule has 3 amide bonds. The number of thiol groups is 1. The number of nitrogens with one attached hydrogen (secondary N) is 3. The van der Waals surface area contributed by atoms with Crippen LogP contribution >= 0.6 is 12.6 Å². The molecule has 0 unspecified atom stereocenters. The van der Waals surface area contributed by atoms with Crippen LogP contribution in [0.3, 0.4) is 0 Å². The number of benzene rings is 2. The third-order valence-corrected chi connectivity index (χ3v) is 7.34. The fraction of sp³-hybridized carbons (Fsp3) is 0.448. The van der Waals surface area contributed by atoms with Gasteiger partial charge in [-0.25, -0.2) is 4.39 Å². The molecular weight excluding hydrogens is 535 g/mol. The number of halogens is 1. The van der Waals surface area contributed by atoms with Crippen molar-refractivity contribution < 1.29 is 28.3 Å². The second kappa shape index (κ2) is 15.4. The molecule has 1 fully saturated rings. The van der Waals surface area contributed by atoms with E-state index in [1.807, 2.05) is 30.3 Å². The van der Waals surface area contributed by atoms with E-state index in [2.05, 4.69) is 28.6 Å². The summed E-state index contributed by atoms with van der Waals surface area (Å²) in [5.74, 6) is -2.43. The Morgan fingerprint density at radius 2 is 1.73 bits per heavy atom. The molecule has 0 bridgehead atoms. The Bertz CT molecular complexity index is 1150. The Labute approximate surface area is 239 Å². The summed E-state index contributed by atoms with van der Waals surface area (Å²) in [6.45, 7) is 2.43. The lowest BCUT2D eigenvalue weighted by Crippen LogP contribution is -2.56. The molecule has 0 spiro atoms. The van der Waals surface area contributed by atoms with Gasteiger partial charge in [0.1, 0.15) is 11.9 Å².